The molecule has 0 radical (unpaired) electrons. The summed E-state index contributed by atoms with van der Waals surface area (Å²) < 4.78 is 12.9. The Labute approximate surface area is 169 Å². The molecule has 3 heterocycles. The first kappa shape index (κ1) is 18.9. The Morgan fingerprint density at radius 3 is 2.90 bits per heavy atom. The number of amides is 1. The number of aryl methyl sites for hydroxylation is 1. The minimum Gasteiger partial charge on any atom is -0.496 e. The number of nitrogens with zero attached hydrogens (tertiary/aromatic N) is 5. The van der Waals surface area contributed by atoms with Crippen LogP contribution < -0.4 is 9.47 Å². The quantitative estimate of drug-likeness (QED) is 0.663. The van der Waals surface area contributed by atoms with Gasteiger partial charge in [-0.05, 0) is 31.0 Å². The Hall–Kier alpha value is -3.42. The van der Waals surface area contributed by atoms with E-state index in [0.29, 0.717) is 30.4 Å². The number of carbonyl (C=O) groups is 1. The van der Waals surface area contributed by atoms with E-state index >= 15 is 0 Å². The Kier molecular flexibility index (Phi) is 5.41. The van der Waals surface area contributed by atoms with E-state index in [0.717, 1.165) is 24.2 Å². The topological polar surface area (TPSA) is 82.4 Å². The lowest BCUT2D eigenvalue weighted by atomic mass is 10.1. The van der Waals surface area contributed by atoms with Crippen molar-refractivity contribution in [1.29, 1.82) is 0 Å². The van der Waals surface area contributed by atoms with Crippen molar-refractivity contribution >= 4 is 5.91 Å². The summed E-state index contributed by atoms with van der Waals surface area (Å²) in [4.78, 5) is 23.2. The van der Waals surface area contributed by atoms with Crippen LogP contribution in [0.25, 0.3) is 11.3 Å². The highest BCUT2D eigenvalue weighted by Gasteiger charge is 2.28. The van der Waals surface area contributed by atoms with Crippen LogP contribution in [0.3, 0.4) is 0 Å². The van der Waals surface area contributed by atoms with Gasteiger partial charge in [-0.25, -0.2) is 4.98 Å². The second kappa shape index (κ2) is 8.30. The van der Waals surface area contributed by atoms with E-state index in [1.54, 1.807) is 37.4 Å². The standard InChI is InChI=1S/C21H23N5O3/c1-25-18(12-17(24-25)16-7-3-4-8-19(16)28-2)21(27)26-11-5-6-15(14-26)29-20-13-22-9-10-23-20/h3-4,7-10,12-13,15H,5-6,11,14H2,1-2H3. The van der Waals surface area contributed by atoms with Crippen LogP contribution in [-0.2, 0) is 7.05 Å². The van der Waals surface area contributed by atoms with Crippen LogP contribution in [0.1, 0.15) is 23.3 Å². The van der Waals surface area contributed by atoms with Gasteiger partial charge in [0.05, 0.1) is 25.5 Å². The van der Waals surface area contributed by atoms with Crippen molar-refractivity contribution in [2.75, 3.05) is 20.2 Å². The van der Waals surface area contributed by atoms with E-state index in [4.69, 9.17) is 9.47 Å². The van der Waals surface area contributed by atoms with Crippen molar-refractivity contribution in [1.82, 2.24) is 24.6 Å². The van der Waals surface area contributed by atoms with Gasteiger partial charge in [0.2, 0.25) is 5.88 Å². The van der Waals surface area contributed by atoms with Crippen molar-refractivity contribution in [3.8, 4) is 22.9 Å². The zero-order valence-electron chi connectivity index (χ0n) is 16.5. The van der Waals surface area contributed by atoms with Crippen LogP contribution in [-0.4, -0.2) is 56.9 Å². The lowest BCUT2D eigenvalue weighted by Crippen LogP contribution is -2.45. The van der Waals surface area contributed by atoms with Gasteiger partial charge >= 0.3 is 0 Å². The van der Waals surface area contributed by atoms with E-state index in [1.807, 2.05) is 35.2 Å². The maximum Gasteiger partial charge on any atom is 0.272 e. The van der Waals surface area contributed by atoms with Gasteiger partial charge in [0.15, 0.2) is 0 Å². The van der Waals surface area contributed by atoms with E-state index < -0.39 is 0 Å². The molecule has 0 N–H and O–H groups in total. The number of aromatic nitrogens is 4. The monoisotopic (exact) mass is 393 g/mol. The Morgan fingerprint density at radius 2 is 2.10 bits per heavy atom. The predicted molar refractivity (Wildman–Crippen MR) is 107 cm³/mol. The summed E-state index contributed by atoms with van der Waals surface area (Å²) in [6.45, 7) is 1.19. The van der Waals surface area contributed by atoms with Gasteiger partial charge in [0, 0.05) is 31.5 Å². The number of hydrogen-bond donors (Lipinski definition) is 0. The van der Waals surface area contributed by atoms with Crippen LogP contribution in [0, 0.1) is 0 Å². The Bertz CT molecular complexity index is 989. The van der Waals surface area contributed by atoms with Crippen LogP contribution in [0.4, 0.5) is 0 Å². The normalized spacial score (nSPS) is 16.5. The van der Waals surface area contributed by atoms with Gasteiger partial charge in [-0.3, -0.25) is 14.5 Å². The molecule has 8 nitrogen and oxygen atoms in total. The second-order valence-corrected chi connectivity index (χ2v) is 6.92. The molecule has 1 aliphatic heterocycles. The molecule has 1 atom stereocenters. The molecule has 1 amide bonds. The average Bonchev–Trinajstić information content (AvgIpc) is 3.15. The highest BCUT2D eigenvalue weighted by atomic mass is 16.5. The summed E-state index contributed by atoms with van der Waals surface area (Å²) in [7, 11) is 3.41. The third kappa shape index (κ3) is 4.06. The predicted octanol–water partition coefficient (Wildman–Crippen LogP) is 2.57. The molecule has 0 saturated carbocycles. The minimum absolute atomic E-state index is 0.0615. The van der Waals surface area contributed by atoms with Gasteiger partial charge in [0.25, 0.3) is 5.91 Å². The summed E-state index contributed by atoms with van der Waals surface area (Å²) in [6.07, 6.45) is 6.42. The van der Waals surface area contributed by atoms with Crippen LogP contribution >= 0.6 is 0 Å². The molecule has 1 aromatic carbocycles. The Morgan fingerprint density at radius 1 is 1.24 bits per heavy atom. The number of carbonyl (C=O) groups excluding carboxylic acids is 1. The van der Waals surface area contributed by atoms with Crippen LogP contribution in [0.5, 0.6) is 11.6 Å². The van der Waals surface area contributed by atoms with E-state index in [1.165, 1.54) is 0 Å². The highest BCUT2D eigenvalue weighted by molar-refractivity contribution is 5.94. The summed E-state index contributed by atoms with van der Waals surface area (Å²) in [5.74, 6) is 1.14. The molecule has 0 bridgehead atoms. The molecule has 1 aliphatic rings. The third-order valence-corrected chi connectivity index (χ3v) is 4.97. The number of piperidine rings is 1. The summed E-state index contributed by atoms with van der Waals surface area (Å²) in [6, 6.07) is 9.45. The molecule has 1 fully saturated rings. The van der Waals surface area contributed by atoms with Crippen LogP contribution in [0.2, 0.25) is 0 Å². The molecule has 0 aliphatic carbocycles. The molecular weight excluding hydrogens is 370 g/mol. The number of benzene rings is 1. The maximum absolute atomic E-state index is 13.2. The lowest BCUT2D eigenvalue weighted by Gasteiger charge is -2.32. The largest absolute Gasteiger partial charge is 0.496 e. The van der Waals surface area contributed by atoms with Crippen molar-refractivity contribution in [3.63, 3.8) is 0 Å². The molecular formula is C21H23N5O3. The smallest absolute Gasteiger partial charge is 0.272 e. The molecule has 1 unspecified atom stereocenters. The summed E-state index contributed by atoms with van der Waals surface area (Å²) in [5, 5.41) is 4.53. The lowest BCUT2D eigenvalue weighted by molar-refractivity contribution is 0.0517. The number of hydrogen-bond acceptors (Lipinski definition) is 6. The van der Waals surface area contributed by atoms with E-state index in [-0.39, 0.29) is 12.0 Å². The summed E-state index contributed by atoms with van der Waals surface area (Å²) in [5.41, 5.74) is 2.09. The number of likely N-dealkylation sites (tertiary alicyclic amines) is 1. The number of ether oxygens (including phenoxy) is 2. The fourth-order valence-corrected chi connectivity index (χ4v) is 3.55. The summed E-state index contributed by atoms with van der Waals surface area (Å²) >= 11 is 0. The van der Waals surface area contributed by atoms with Crippen molar-refractivity contribution < 1.29 is 14.3 Å². The van der Waals surface area contributed by atoms with Gasteiger partial charge in [-0.15, -0.1) is 0 Å². The van der Waals surface area contributed by atoms with Gasteiger partial charge in [0.1, 0.15) is 17.5 Å². The third-order valence-electron chi connectivity index (χ3n) is 4.97. The fourth-order valence-electron chi connectivity index (χ4n) is 3.55. The zero-order chi connectivity index (χ0) is 20.2. The van der Waals surface area contributed by atoms with Crippen molar-refractivity contribution in [3.05, 3.63) is 54.6 Å². The number of rotatable bonds is 5. The molecule has 150 valence electrons. The van der Waals surface area contributed by atoms with Gasteiger partial charge in [-0.2, -0.15) is 5.10 Å². The first-order valence-electron chi connectivity index (χ1n) is 9.55. The fraction of sp³-hybridized carbons (Fsp3) is 0.333. The number of para-hydroxylation sites is 1. The molecule has 3 aromatic rings. The maximum atomic E-state index is 13.2. The Balaban J connectivity index is 1.51. The minimum atomic E-state index is -0.105. The second-order valence-electron chi connectivity index (χ2n) is 6.92. The van der Waals surface area contributed by atoms with Crippen LogP contribution in [0.15, 0.2) is 48.9 Å². The SMILES string of the molecule is COc1ccccc1-c1cc(C(=O)N2CCCC(Oc3cnccn3)C2)n(C)n1. The first-order valence-corrected chi connectivity index (χ1v) is 9.55. The molecule has 1 saturated heterocycles. The molecule has 0 spiro atoms. The van der Waals surface area contributed by atoms with Gasteiger partial charge in [-0.1, -0.05) is 12.1 Å². The molecule has 4 rings (SSSR count). The average molecular weight is 393 g/mol. The molecule has 8 heteroatoms. The number of methoxy groups -OCH3 is 1. The molecule has 2 aromatic heterocycles. The van der Waals surface area contributed by atoms with E-state index in [2.05, 4.69) is 15.1 Å². The van der Waals surface area contributed by atoms with Crippen molar-refractivity contribution in [2.24, 2.45) is 7.05 Å². The van der Waals surface area contributed by atoms with Crippen molar-refractivity contribution in [2.45, 2.75) is 18.9 Å². The highest BCUT2D eigenvalue weighted by Crippen LogP contribution is 2.29. The zero-order valence-corrected chi connectivity index (χ0v) is 16.5. The molecule has 29 heavy (non-hydrogen) atoms. The first-order chi connectivity index (χ1) is 14.2. The van der Waals surface area contributed by atoms with Gasteiger partial charge < -0.3 is 14.4 Å². The van der Waals surface area contributed by atoms with E-state index in [9.17, 15) is 4.79 Å².